The molecule has 2 aliphatic rings. The Kier molecular flexibility index (Phi) is 4.35. The lowest BCUT2D eigenvalue weighted by molar-refractivity contribution is 0.247. The van der Waals surface area contributed by atoms with Gasteiger partial charge >= 0.3 is 0 Å². The van der Waals surface area contributed by atoms with Gasteiger partial charge in [0.2, 0.25) is 5.09 Å². The van der Waals surface area contributed by atoms with E-state index in [1.807, 2.05) is 0 Å². The molecule has 21 heavy (non-hydrogen) atoms. The molecular weight excluding hydrogens is 290 g/mol. The molecule has 0 spiro atoms. The van der Waals surface area contributed by atoms with E-state index in [-0.39, 0.29) is 11.1 Å². The van der Waals surface area contributed by atoms with Crippen LogP contribution in [0.15, 0.2) is 21.6 Å². The van der Waals surface area contributed by atoms with Crippen LogP contribution < -0.4 is 10.0 Å². The zero-order chi connectivity index (χ0) is 14.9. The molecule has 1 saturated carbocycles. The van der Waals surface area contributed by atoms with Crippen molar-refractivity contribution in [2.24, 2.45) is 0 Å². The number of hydrogen-bond acceptors (Lipinski definition) is 5. The highest BCUT2D eigenvalue weighted by Crippen LogP contribution is 2.21. The van der Waals surface area contributed by atoms with Crippen molar-refractivity contribution >= 4 is 10.0 Å². The third-order valence-corrected chi connectivity index (χ3v) is 5.48. The lowest BCUT2D eigenvalue weighted by Gasteiger charge is -2.28. The van der Waals surface area contributed by atoms with Crippen LogP contribution in [0.1, 0.15) is 31.4 Å². The van der Waals surface area contributed by atoms with Crippen LogP contribution in [-0.2, 0) is 16.6 Å². The van der Waals surface area contributed by atoms with Crippen LogP contribution >= 0.6 is 0 Å². The van der Waals surface area contributed by atoms with Crippen molar-refractivity contribution in [3.05, 3.63) is 17.9 Å². The van der Waals surface area contributed by atoms with Crippen LogP contribution in [0.5, 0.6) is 0 Å². The third-order valence-electron chi connectivity index (χ3n) is 4.08. The Morgan fingerprint density at radius 2 is 1.90 bits per heavy atom. The maximum Gasteiger partial charge on any atom is 0.274 e. The Bertz CT molecular complexity index is 572. The Morgan fingerprint density at radius 1 is 1.19 bits per heavy atom. The van der Waals surface area contributed by atoms with Gasteiger partial charge in [-0.1, -0.05) is 0 Å². The van der Waals surface area contributed by atoms with Gasteiger partial charge in [0.05, 0.1) is 6.54 Å². The first kappa shape index (κ1) is 15.0. The molecule has 0 amide bonds. The van der Waals surface area contributed by atoms with E-state index in [0.29, 0.717) is 18.3 Å². The summed E-state index contributed by atoms with van der Waals surface area (Å²) in [5.41, 5.74) is 0. The van der Waals surface area contributed by atoms with E-state index in [0.717, 1.165) is 25.9 Å². The second-order valence-electron chi connectivity index (χ2n) is 6.07. The average Bonchev–Trinajstić information content (AvgIpc) is 3.15. The van der Waals surface area contributed by atoms with E-state index in [2.05, 4.69) is 22.0 Å². The van der Waals surface area contributed by atoms with Crippen molar-refractivity contribution in [3.63, 3.8) is 0 Å². The van der Waals surface area contributed by atoms with Gasteiger partial charge in [0.15, 0.2) is 0 Å². The number of likely N-dealkylation sites (tertiary alicyclic amines) is 1. The second kappa shape index (κ2) is 6.08. The van der Waals surface area contributed by atoms with Crippen molar-refractivity contribution in [1.29, 1.82) is 0 Å². The van der Waals surface area contributed by atoms with Crippen molar-refractivity contribution in [2.75, 3.05) is 20.1 Å². The highest BCUT2D eigenvalue weighted by Gasteiger charge is 2.26. The summed E-state index contributed by atoms with van der Waals surface area (Å²) in [5, 5.41) is 3.33. The molecule has 2 fully saturated rings. The first-order valence-corrected chi connectivity index (χ1v) is 9.04. The Labute approximate surface area is 125 Å². The van der Waals surface area contributed by atoms with Crippen molar-refractivity contribution in [3.8, 4) is 0 Å². The van der Waals surface area contributed by atoms with E-state index in [1.165, 1.54) is 12.8 Å². The summed E-state index contributed by atoms with van der Waals surface area (Å²) in [6.07, 6.45) is 4.08. The fraction of sp³-hybridized carbons (Fsp3) is 0.714. The first-order chi connectivity index (χ1) is 10.0. The number of rotatable bonds is 6. The molecule has 1 aromatic rings. The van der Waals surface area contributed by atoms with E-state index >= 15 is 0 Å². The minimum absolute atomic E-state index is 0.00402. The van der Waals surface area contributed by atoms with Crippen LogP contribution in [-0.4, -0.2) is 45.5 Å². The molecule has 1 aromatic heterocycles. The normalized spacial score (nSPS) is 21.8. The van der Waals surface area contributed by atoms with E-state index < -0.39 is 10.0 Å². The summed E-state index contributed by atoms with van der Waals surface area (Å²) >= 11 is 0. The molecular formula is C14H23N3O3S. The van der Waals surface area contributed by atoms with Crippen LogP contribution in [0.2, 0.25) is 0 Å². The maximum absolute atomic E-state index is 12.3. The lowest BCUT2D eigenvalue weighted by Crippen LogP contribution is -2.43. The minimum Gasteiger partial charge on any atom is -0.447 e. The van der Waals surface area contributed by atoms with Gasteiger partial charge < -0.3 is 14.6 Å². The molecule has 6 nitrogen and oxygen atoms in total. The number of sulfonamides is 1. The summed E-state index contributed by atoms with van der Waals surface area (Å²) in [6, 6.07) is 3.86. The molecule has 118 valence electrons. The minimum atomic E-state index is -3.54. The maximum atomic E-state index is 12.3. The van der Waals surface area contributed by atoms with Gasteiger partial charge in [-0.15, -0.1) is 0 Å². The smallest absolute Gasteiger partial charge is 0.274 e. The molecule has 0 aromatic carbocycles. The topological polar surface area (TPSA) is 74.6 Å². The number of nitrogens with zero attached hydrogens (tertiary/aromatic N) is 1. The highest BCUT2D eigenvalue weighted by molar-refractivity contribution is 7.89. The zero-order valence-electron chi connectivity index (χ0n) is 12.3. The molecule has 0 unspecified atom stereocenters. The molecule has 0 atom stereocenters. The predicted octanol–water partition coefficient (Wildman–Crippen LogP) is 0.904. The summed E-state index contributed by atoms with van der Waals surface area (Å²) in [7, 11) is -1.49. The standard InChI is InChI=1S/C14H23N3O3S/c1-17-8-6-12(7-9-17)16-21(18,19)14-5-4-13(20-14)10-15-11-2-3-11/h4-5,11-12,15-16H,2-3,6-10H2,1H3. The first-order valence-electron chi connectivity index (χ1n) is 7.56. The zero-order valence-corrected chi connectivity index (χ0v) is 13.2. The van der Waals surface area contributed by atoms with Crippen LogP contribution in [0.3, 0.4) is 0 Å². The predicted molar refractivity (Wildman–Crippen MR) is 79.4 cm³/mol. The van der Waals surface area contributed by atoms with E-state index in [4.69, 9.17) is 4.42 Å². The Hall–Kier alpha value is -0.890. The third kappa shape index (κ3) is 4.06. The van der Waals surface area contributed by atoms with Crippen molar-refractivity contribution in [1.82, 2.24) is 14.9 Å². The molecule has 0 bridgehead atoms. The van der Waals surface area contributed by atoms with Gasteiger partial charge in [-0.3, -0.25) is 0 Å². The van der Waals surface area contributed by atoms with Gasteiger partial charge in [0.25, 0.3) is 10.0 Å². The number of piperidine rings is 1. The molecule has 1 aliphatic heterocycles. The number of hydrogen-bond donors (Lipinski definition) is 2. The van der Waals surface area contributed by atoms with Gasteiger partial charge in [-0.2, -0.15) is 0 Å². The fourth-order valence-corrected chi connectivity index (χ4v) is 3.79. The van der Waals surface area contributed by atoms with Crippen LogP contribution in [0.25, 0.3) is 0 Å². The monoisotopic (exact) mass is 313 g/mol. The quantitative estimate of drug-likeness (QED) is 0.816. The Morgan fingerprint density at radius 3 is 2.57 bits per heavy atom. The molecule has 1 saturated heterocycles. The second-order valence-corrected chi connectivity index (χ2v) is 7.72. The van der Waals surface area contributed by atoms with E-state index in [1.54, 1.807) is 12.1 Å². The van der Waals surface area contributed by atoms with Gasteiger partial charge in [-0.25, -0.2) is 13.1 Å². The van der Waals surface area contributed by atoms with Crippen molar-refractivity contribution in [2.45, 2.75) is 49.4 Å². The van der Waals surface area contributed by atoms with Crippen molar-refractivity contribution < 1.29 is 12.8 Å². The molecule has 2 N–H and O–H groups in total. The largest absolute Gasteiger partial charge is 0.447 e. The highest BCUT2D eigenvalue weighted by atomic mass is 32.2. The van der Waals surface area contributed by atoms with Gasteiger partial charge in [0, 0.05) is 12.1 Å². The molecule has 1 aliphatic carbocycles. The summed E-state index contributed by atoms with van der Waals surface area (Å²) in [5.74, 6) is 0.672. The summed E-state index contributed by atoms with van der Waals surface area (Å²) < 4.78 is 32.8. The SMILES string of the molecule is CN1CCC(NS(=O)(=O)c2ccc(CNC3CC3)o2)CC1. The summed E-state index contributed by atoms with van der Waals surface area (Å²) in [4.78, 5) is 2.21. The molecule has 3 rings (SSSR count). The molecule has 0 radical (unpaired) electrons. The number of furan rings is 1. The molecule has 2 heterocycles. The number of nitrogens with one attached hydrogen (secondary N) is 2. The van der Waals surface area contributed by atoms with Crippen LogP contribution in [0.4, 0.5) is 0 Å². The molecule has 7 heteroatoms. The van der Waals surface area contributed by atoms with Gasteiger partial charge in [0.1, 0.15) is 5.76 Å². The Balaban J connectivity index is 1.58. The lowest BCUT2D eigenvalue weighted by atomic mass is 10.1. The fourth-order valence-electron chi connectivity index (χ4n) is 2.53. The van der Waals surface area contributed by atoms with Gasteiger partial charge in [-0.05, 0) is 58.0 Å². The summed E-state index contributed by atoms with van der Waals surface area (Å²) in [6.45, 7) is 2.43. The van der Waals surface area contributed by atoms with E-state index in [9.17, 15) is 8.42 Å². The van der Waals surface area contributed by atoms with Crippen LogP contribution in [0, 0.1) is 0 Å². The average molecular weight is 313 g/mol.